The number of hydrogen-bond donors (Lipinski definition) is 1. The zero-order valence-corrected chi connectivity index (χ0v) is 10.9. The summed E-state index contributed by atoms with van der Waals surface area (Å²) >= 11 is 1.79. The minimum atomic E-state index is -0.219. The molecular weight excluding hydrogens is 223 g/mol. The van der Waals surface area contributed by atoms with Crippen molar-refractivity contribution in [2.24, 2.45) is 0 Å². The first-order valence-corrected chi connectivity index (χ1v) is 6.67. The third-order valence-corrected chi connectivity index (χ3v) is 3.54. The molecule has 0 radical (unpaired) electrons. The predicted octanol–water partition coefficient (Wildman–Crippen LogP) is 2.59. The van der Waals surface area contributed by atoms with Crippen LogP contribution in [0.2, 0.25) is 0 Å². The average Bonchev–Trinajstić information content (AvgIpc) is 2.23. The summed E-state index contributed by atoms with van der Waals surface area (Å²) in [4.78, 5) is 2.12. The van der Waals surface area contributed by atoms with E-state index in [0.717, 1.165) is 5.75 Å². The van der Waals surface area contributed by atoms with E-state index >= 15 is 0 Å². The maximum Gasteiger partial charge on any atom is 0.129 e. The number of halogens is 1. The summed E-state index contributed by atoms with van der Waals surface area (Å²) in [6, 6.07) is 5.25. The standard InChI is InChI=1S/C12H19FN2S/c1-9(8-16-3)15(2)7-10-11(13)5-4-6-12(10)14/h4-6,9H,7-8,14H2,1-3H3. The molecule has 2 N–H and O–H groups in total. The molecule has 1 rings (SSSR count). The molecule has 90 valence electrons. The molecule has 0 spiro atoms. The van der Waals surface area contributed by atoms with Crippen molar-refractivity contribution in [3.8, 4) is 0 Å². The van der Waals surface area contributed by atoms with E-state index in [-0.39, 0.29) is 5.82 Å². The van der Waals surface area contributed by atoms with Crippen molar-refractivity contribution >= 4 is 17.4 Å². The molecule has 1 unspecified atom stereocenters. The molecule has 0 saturated heterocycles. The second-order valence-corrected chi connectivity index (χ2v) is 4.94. The van der Waals surface area contributed by atoms with Gasteiger partial charge in [-0.3, -0.25) is 4.90 Å². The van der Waals surface area contributed by atoms with Gasteiger partial charge in [0.15, 0.2) is 0 Å². The lowest BCUT2D eigenvalue weighted by molar-refractivity contribution is 0.266. The summed E-state index contributed by atoms with van der Waals surface area (Å²) < 4.78 is 13.5. The van der Waals surface area contributed by atoms with Crippen LogP contribution >= 0.6 is 11.8 Å². The first kappa shape index (κ1) is 13.3. The van der Waals surface area contributed by atoms with Crippen LogP contribution in [0.3, 0.4) is 0 Å². The fraction of sp³-hybridized carbons (Fsp3) is 0.500. The Morgan fingerprint density at radius 3 is 2.75 bits per heavy atom. The predicted molar refractivity (Wildman–Crippen MR) is 70.1 cm³/mol. The van der Waals surface area contributed by atoms with Gasteiger partial charge >= 0.3 is 0 Å². The first-order valence-electron chi connectivity index (χ1n) is 5.28. The molecule has 0 aliphatic rings. The van der Waals surface area contributed by atoms with Crippen molar-refractivity contribution in [3.05, 3.63) is 29.6 Å². The third-order valence-electron chi connectivity index (χ3n) is 2.72. The van der Waals surface area contributed by atoms with Crippen LogP contribution in [0, 0.1) is 5.82 Å². The van der Waals surface area contributed by atoms with E-state index in [9.17, 15) is 4.39 Å². The van der Waals surface area contributed by atoms with Crippen LogP contribution < -0.4 is 5.73 Å². The Morgan fingerprint density at radius 1 is 1.50 bits per heavy atom. The number of benzene rings is 1. The number of thioether (sulfide) groups is 1. The van der Waals surface area contributed by atoms with Gasteiger partial charge in [-0.05, 0) is 32.4 Å². The van der Waals surface area contributed by atoms with Crippen LogP contribution in [0.4, 0.5) is 10.1 Å². The molecular formula is C12H19FN2S. The van der Waals surface area contributed by atoms with Crippen LogP contribution in [0.1, 0.15) is 12.5 Å². The molecule has 0 aromatic heterocycles. The molecule has 0 aliphatic carbocycles. The van der Waals surface area contributed by atoms with E-state index in [1.807, 2.05) is 7.05 Å². The van der Waals surface area contributed by atoms with Gasteiger partial charge in [-0.1, -0.05) is 6.07 Å². The van der Waals surface area contributed by atoms with Gasteiger partial charge in [0.1, 0.15) is 5.82 Å². The highest BCUT2D eigenvalue weighted by atomic mass is 32.2. The average molecular weight is 242 g/mol. The maximum absolute atomic E-state index is 13.5. The quantitative estimate of drug-likeness (QED) is 0.805. The Labute approximate surface area is 101 Å². The van der Waals surface area contributed by atoms with Gasteiger partial charge < -0.3 is 5.73 Å². The molecule has 0 heterocycles. The van der Waals surface area contributed by atoms with Crippen molar-refractivity contribution in [1.29, 1.82) is 0 Å². The summed E-state index contributed by atoms with van der Waals surface area (Å²) in [7, 11) is 1.99. The van der Waals surface area contributed by atoms with Crippen LogP contribution in [-0.2, 0) is 6.54 Å². The molecule has 0 aliphatic heterocycles. The molecule has 0 fully saturated rings. The van der Waals surface area contributed by atoms with E-state index in [2.05, 4.69) is 18.1 Å². The summed E-state index contributed by atoms with van der Waals surface area (Å²) in [5.74, 6) is 0.813. The molecule has 4 heteroatoms. The fourth-order valence-electron chi connectivity index (χ4n) is 1.52. The van der Waals surface area contributed by atoms with Crippen LogP contribution in [0.25, 0.3) is 0 Å². The smallest absolute Gasteiger partial charge is 0.129 e. The highest BCUT2D eigenvalue weighted by Gasteiger charge is 2.13. The zero-order chi connectivity index (χ0) is 12.1. The summed E-state index contributed by atoms with van der Waals surface area (Å²) in [5, 5.41) is 0. The van der Waals surface area contributed by atoms with Crippen LogP contribution in [0.15, 0.2) is 18.2 Å². The van der Waals surface area contributed by atoms with E-state index in [0.29, 0.717) is 23.8 Å². The SMILES string of the molecule is CSCC(C)N(C)Cc1c(N)cccc1F. The van der Waals surface area contributed by atoms with Crippen molar-refractivity contribution in [2.75, 3.05) is 24.8 Å². The second-order valence-electron chi connectivity index (χ2n) is 4.03. The van der Waals surface area contributed by atoms with Gasteiger partial charge in [0.2, 0.25) is 0 Å². The first-order chi connectivity index (χ1) is 7.56. The van der Waals surface area contributed by atoms with Gasteiger partial charge in [0.05, 0.1) is 0 Å². The van der Waals surface area contributed by atoms with Crippen molar-refractivity contribution in [1.82, 2.24) is 4.90 Å². The van der Waals surface area contributed by atoms with Crippen molar-refractivity contribution in [3.63, 3.8) is 0 Å². The van der Waals surface area contributed by atoms with E-state index in [4.69, 9.17) is 5.73 Å². The van der Waals surface area contributed by atoms with Crippen molar-refractivity contribution in [2.45, 2.75) is 19.5 Å². The Morgan fingerprint density at radius 2 is 2.19 bits per heavy atom. The molecule has 1 atom stereocenters. The lowest BCUT2D eigenvalue weighted by Crippen LogP contribution is -2.31. The molecule has 0 bridgehead atoms. The Bertz CT molecular complexity index is 324. The van der Waals surface area contributed by atoms with Gasteiger partial charge in [-0.15, -0.1) is 0 Å². The zero-order valence-electron chi connectivity index (χ0n) is 10.0. The molecule has 1 aromatic carbocycles. The largest absolute Gasteiger partial charge is 0.398 e. The number of anilines is 1. The minimum absolute atomic E-state index is 0.219. The summed E-state index contributed by atoms with van der Waals surface area (Å²) in [6.07, 6.45) is 2.07. The molecule has 16 heavy (non-hydrogen) atoms. The number of nitrogens with two attached hydrogens (primary N) is 1. The highest BCUT2D eigenvalue weighted by Crippen LogP contribution is 2.18. The topological polar surface area (TPSA) is 29.3 Å². The number of nitrogen functional groups attached to an aromatic ring is 1. The Kier molecular flexibility index (Phi) is 5.09. The number of rotatable bonds is 5. The Hall–Kier alpha value is -0.740. The van der Waals surface area contributed by atoms with Gasteiger partial charge in [0, 0.05) is 29.6 Å². The summed E-state index contributed by atoms with van der Waals surface area (Å²) in [5.41, 5.74) is 6.90. The summed E-state index contributed by atoms with van der Waals surface area (Å²) in [6.45, 7) is 2.69. The maximum atomic E-state index is 13.5. The molecule has 0 amide bonds. The molecule has 1 aromatic rings. The fourth-order valence-corrected chi connectivity index (χ4v) is 2.25. The van der Waals surface area contributed by atoms with E-state index in [1.165, 1.54) is 6.07 Å². The normalized spacial score (nSPS) is 13.1. The third kappa shape index (κ3) is 3.39. The van der Waals surface area contributed by atoms with Gasteiger partial charge in [-0.25, -0.2) is 4.39 Å². The highest BCUT2D eigenvalue weighted by molar-refractivity contribution is 7.98. The van der Waals surface area contributed by atoms with Crippen LogP contribution in [-0.4, -0.2) is 30.0 Å². The van der Waals surface area contributed by atoms with Crippen molar-refractivity contribution < 1.29 is 4.39 Å². The monoisotopic (exact) mass is 242 g/mol. The molecule has 0 saturated carbocycles. The Balaban J connectivity index is 2.72. The van der Waals surface area contributed by atoms with E-state index < -0.39 is 0 Å². The van der Waals surface area contributed by atoms with Crippen LogP contribution in [0.5, 0.6) is 0 Å². The number of hydrogen-bond acceptors (Lipinski definition) is 3. The van der Waals surface area contributed by atoms with E-state index in [1.54, 1.807) is 23.9 Å². The second kappa shape index (κ2) is 6.11. The van der Waals surface area contributed by atoms with Gasteiger partial charge in [0.25, 0.3) is 0 Å². The molecule has 2 nitrogen and oxygen atoms in total. The number of nitrogens with zero attached hydrogens (tertiary/aromatic N) is 1. The van der Waals surface area contributed by atoms with Gasteiger partial charge in [-0.2, -0.15) is 11.8 Å². The lowest BCUT2D eigenvalue weighted by Gasteiger charge is -2.24. The lowest BCUT2D eigenvalue weighted by atomic mass is 10.1. The minimum Gasteiger partial charge on any atom is -0.398 e.